The molecule has 25 heavy (non-hydrogen) atoms. The highest BCUT2D eigenvalue weighted by Gasteiger charge is 2.09. The number of nitrogens with one attached hydrogen (secondary N) is 1. The van der Waals surface area contributed by atoms with E-state index in [-0.39, 0.29) is 6.04 Å². The summed E-state index contributed by atoms with van der Waals surface area (Å²) in [6.07, 6.45) is 0. The lowest BCUT2D eigenvalue weighted by molar-refractivity contribution is 0.0322. The SMILES string of the molecule is COCC(C)NC(N)=NCc1cccc(OCCN2CCOCC2)c1. The van der Waals surface area contributed by atoms with Crippen molar-refractivity contribution in [2.75, 3.05) is 53.2 Å². The van der Waals surface area contributed by atoms with E-state index in [0.717, 1.165) is 44.2 Å². The third-order valence-corrected chi connectivity index (χ3v) is 3.92. The van der Waals surface area contributed by atoms with E-state index >= 15 is 0 Å². The summed E-state index contributed by atoms with van der Waals surface area (Å²) in [7, 11) is 1.66. The summed E-state index contributed by atoms with van der Waals surface area (Å²) in [5.41, 5.74) is 6.95. The molecule has 1 heterocycles. The predicted octanol–water partition coefficient (Wildman–Crippen LogP) is 0.837. The van der Waals surface area contributed by atoms with Crippen LogP contribution >= 0.6 is 0 Å². The van der Waals surface area contributed by atoms with Gasteiger partial charge in [0.15, 0.2) is 5.96 Å². The van der Waals surface area contributed by atoms with Gasteiger partial charge in [-0.05, 0) is 24.6 Å². The van der Waals surface area contributed by atoms with Gasteiger partial charge in [-0.2, -0.15) is 0 Å². The van der Waals surface area contributed by atoms with Gasteiger partial charge in [-0.1, -0.05) is 12.1 Å². The molecular formula is C18H30N4O3. The zero-order valence-electron chi connectivity index (χ0n) is 15.2. The van der Waals surface area contributed by atoms with Crippen molar-refractivity contribution in [3.63, 3.8) is 0 Å². The average Bonchev–Trinajstić information content (AvgIpc) is 2.61. The van der Waals surface area contributed by atoms with Crippen LogP contribution in [0.5, 0.6) is 5.75 Å². The van der Waals surface area contributed by atoms with Gasteiger partial charge in [0.05, 0.1) is 26.4 Å². The first kappa shape index (κ1) is 19.5. The van der Waals surface area contributed by atoms with Crippen molar-refractivity contribution in [1.29, 1.82) is 0 Å². The summed E-state index contributed by atoms with van der Waals surface area (Å²) in [5.74, 6) is 1.28. The second-order valence-corrected chi connectivity index (χ2v) is 6.15. The lowest BCUT2D eigenvalue weighted by Gasteiger charge is -2.26. The molecule has 0 aromatic heterocycles. The van der Waals surface area contributed by atoms with Gasteiger partial charge in [0.25, 0.3) is 0 Å². The summed E-state index contributed by atoms with van der Waals surface area (Å²) in [5, 5.41) is 3.09. The molecule has 0 bridgehead atoms. The third-order valence-electron chi connectivity index (χ3n) is 3.92. The number of rotatable bonds is 9. The topological polar surface area (TPSA) is 81.3 Å². The highest BCUT2D eigenvalue weighted by atomic mass is 16.5. The Kier molecular flexibility index (Phi) is 8.51. The maximum atomic E-state index is 5.89. The van der Waals surface area contributed by atoms with Crippen molar-refractivity contribution in [2.24, 2.45) is 10.7 Å². The number of nitrogens with zero attached hydrogens (tertiary/aromatic N) is 2. The molecule has 1 fully saturated rings. The van der Waals surface area contributed by atoms with Gasteiger partial charge < -0.3 is 25.3 Å². The number of nitrogens with two attached hydrogens (primary N) is 1. The lowest BCUT2D eigenvalue weighted by Crippen LogP contribution is -2.40. The highest BCUT2D eigenvalue weighted by molar-refractivity contribution is 5.78. The standard InChI is InChI=1S/C18H30N4O3/c1-15(14-23-2)21-18(19)20-13-16-4-3-5-17(12-16)25-11-8-22-6-9-24-10-7-22/h3-5,12,15H,6-11,13-14H2,1-2H3,(H3,19,20,21). The van der Waals surface area contributed by atoms with Crippen LogP contribution in [0.4, 0.5) is 0 Å². The molecule has 1 saturated heterocycles. The smallest absolute Gasteiger partial charge is 0.189 e. The van der Waals surface area contributed by atoms with Crippen molar-refractivity contribution in [3.8, 4) is 5.75 Å². The first-order valence-corrected chi connectivity index (χ1v) is 8.74. The Bertz CT molecular complexity index is 533. The van der Waals surface area contributed by atoms with Gasteiger partial charge in [0.1, 0.15) is 12.4 Å². The van der Waals surface area contributed by atoms with Crippen LogP contribution in [-0.4, -0.2) is 70.1 Å². The van der Waals surface area contributed by atoms with E-state index < -0.39 is 0 Å². The van der Waals surface area contributed by atoms with E-state index in [1.54, 1.807) is 7.11 Å². The van der Waals surface area contributed by atoms with Crippen molar-refractivity contribution in [1.82, 2.24) is 10.2 Å². The van der Waals surface area contributed by atoms with Gasteiger partial charge in [-0.15, -0.1) is 0 Å². The van der Waals surface area contributed by atoms with E-state index in [1.165, 1.54) is 0 Å². The molecule has 0 amide bonds. The Hall–Kier alpha value is -1.83. The summed E-state index contributed by atoms with van der Waals surface area (Å²) in [4.78, 5) is 6.71. The van der Waals surface area contributed by atoms with Gasteiger partial charge in [0, 0.05) is 32.8 Å². The molecule has 140 valence electrons. The Labute approximate surface area is 150 Å². The number of morpholine rings is 1. The van der Waals surface area contributed by atoms with Crippen LogP contribution in [0.25, 0.3) is 0 Å². The first-order valence-electron chi connectivity index (χ1n) is 8.74. The van der Waals surface area contributed by atoms with Gasteiger partial charge in [0.2, 0.25) is 0 Å². The molecule has 2 rings (SSSR count). The molecular weight excluding hydrogens is 320 g/mol. The second-order valence-electron chi connectivity index (χ2n) is 6.15. The molecule has 1 unspecified atom stereocenters. The Balaban J connectivity index is 1.75. The fourth-order valence-corrected chi connectivity index (χ4v) is 2.62. The molecule has 7 nitrogen and oxygen atoms in total. The van der Waals surface area contributed by atoms with E-state index in [4.69, 9.17) is 19.9 Å². The van der Waals surface area contributed by atoms with Crippen LogP contribution in [0.1, 0.15) is 12.5 Å². The molecule has 1 aromatic carbocycles. The minimum Gasteiger partial charge on any atom is -0.492 e. The maximum absolute atomic E-state index is 5.89. The molecule has 3 N–H and O–H groups in total. The van der Waals surface area contributed by atoms with E-state index in [0.29, 0.717) is 25.7 Å². The zero-order chi connectivity index (χ0) is 17.9. The van der Waals surface area contributed by atoms with E-state index in [1.807, 2.05) is 31.2 Å². The van der Waals surface area contributed by atoms with Crippen LogP contribution in [0.15, 0.2) is 29.3 Å². The second kappa shape index (κ2) is 10.9. The van der Waals surface area contributed by atoms with Crippen LogP contribution in [0.2, 0.25) is 0 Å². The number of hydrogen-bond acceptors (Lipinski definition) is 5. The number of benzene rings is 1. The zero-order valence-corrected chi connectivity index (χ0v) is 15.2. The molecule has 0 radical (unpaired) electrons. The molecule has 1 aliphatic heterocycles. The fraction of sp³-hybridized carbons (Fsp3) is 0.611. The Morgan fingerprint density at radius 1 is 1.40 bits per heavy atom. The molecule has 1 aliphatic rings. The Morgan fingerprint density at radius 3 is 2.96 bits per heavy atom. The molecule has 1 aromatic rings. The largest absolute Gasteiger partial charge is 0.492 e. The fourth-order valence-electron chi connectivity index (χ4n) is 2.62. The lowest BCUT2D eigenvalue weighted by atomic mass is 10.2. The van der Waals surface area contributed by atoms with Gasteiger partial charge >= 0.3 is 0 Å². The number of methoxy groups -OCH3 is 1. The normalized spacial score (nSPS) is 17.3. The quantitative estimate of drug-likeness (QED) is 0.507. The number of hydrogen-bond donors (Lipinski definition) is 2. The highest BCUT2D eigenvalue weighted by Crippen LogP contribution is 2.14. The van der Waals surface area contributed by atoms with Crippen LogP contribution in [-0.2, 0) is 16.0 Å². The average molecular weight is 350 g/mol. The van der Waals surface area contributed by atoms with Crippen molar-refractivity contribution in [3.05, 3.63) is 29.8 Å². The van der Waals surface area contributed by atoms with E-state index in [9.17, 15) is 0 Å². The molecule has 0 spiro atoms. The predicted molar refractivity (Wildman–Crippen MR) is 99.0 cm³/mol. The molecule has 7 heteroatoms. The molecule has 0 saturated carbocycles. The van der Waals surface area contributed by atoms with Crippen LogP contribution < -0.4 is 15.8 Å². The summed E-state index contributed by atoms with van der Waals surface area (Å²) < 4.78 is 16.3. The summed E-state index contributed by atoms with van der Waals surface area (Å²) in [6.45, 7) is 8.26. The third kappa shape index (κ3) is 7.72. The number of ether oxygens (including phenoxy) is 3. The molecule has 0 aliphatic carbocycles. The van der Waals surface area contributed by atoms with Gasteiger partial charge in [-0.3, -0.25) is 4.90 Å². The van der Waals surface area contributed by atoms with Crippen molar-refractivity contribution >= 4 is 5.96 Å². The summed E-state index contributed by atoms with van der Waals surface area (Å²) >= 11 is 0. The van der Waals surface area contributed by atoms with Gasteiger partial charge in [-0.25, -0.2) is 4.99 Å². The molecule has 1 atom stereocenters. The maximum Gasteiger partial charge on any atom is 0.189 e. The minimum absolute atomic E-state index is 0.128. The van der Waals surface area contributed by atoms with Crippen LogP contribution in [0, 0.1) is 0 Å². The number of guanidine groups is 1. The van der Waals surface area contributed by atoms with Crippen LogP contribution in [0.3, 0.4) is 0 Å². The summed E-state index contributed by atoms with van der Waals surface area (Å²) in [6, 6.07) is 8.10. The Morgan fingerprint density at radius 2 is 2.20 bits per heavy atom. The van der Waals surface area contributed by atoms with Crippen molar-refractivity contribution < 1.29 is 14.2 Å². The monoisotopic (exact) mass is 350 g/mol. The number of aliphatic imine (C=N–C) groups is 1. The van der Waals surface area contributed by atoms with E-state index in [2.05, 4.69) is 15.2 Å². The van der Waals surface area contributed by atoms with Crippen molar-refractivity contribution in [2.45, 2.75) is 19.5 Å². The first-order chi connectivity index (χ1) is 12.2. The minimum atomic E-state index is 0.128.